The molecule has 0 saturated heterocycles. The Kier molecular flexibility index (Phi) is 6.53. The highest BCUT2D eigenvalue weighted by atomic mass is 32.2. The van der Waals surface area contributed by atoms with Crippen molar-refractivity contribution in [3.63, 3.8) is 0 Å². The Bertz CT molecular complexity index is 3170. The summed E-state index contributed by atoms with van der Waals surface area (Å²) in [6.07, 6.45) is 0. The van der Waals surface area contributed by atoms with E-state index in [0.29, 0.717) is 0 Å². The van der Waals surface area contributed by atoms with Crippen LogP contribution < -0.4 is 25.6 Å². The van der Waals surface area contributed by atoms with Gasteiger partial charge < -0.3 is 4.90 Å². The molecular weight excluding hydrogens is 735 g/mol. The smallest absolute Gasteiger partial charge is 0.182 e. The van der Waals surface area contributed by atoms with Gasteiger partial charge in [0.1, 0.15) is 0 Å². The molecule has 0 bridgehead atoms. The zero-order valence-corrected chi connectivity index (χ0v) is 34.1. The van der Waals surface area contributed by atoms with Crippen LogP contribution in [-0.2, 0) is 5.41 Å². The van der Waals surface area contributed by atoms with E-state index in [1.807, 2.05) is 11.8 Å². The number of benzene rings is 9. The van der Waals surface area contributed by atoms with Crippen LogP contribution in [0.1, 0.15) is 33.4 Å². The van der Waals surface area contributed by atoms with Crippen LogP contribution in [0.3, 0.4) is 0 Å². The van der Waals surface area contributed by atoms with Gasteiger partial charge in [-0.25, -0.2) is 0 Å². The van der Waals surface area contributed by atoms with Crippen LogP contribution in [0.4, 0.5) is 17.1 Å². The molecule has 4 aliphatic rings. The normalized spacial score (nSPS) is 15.2. The Morgan fingerprint density at radius 2 is 0.914 bits per heavy atom. The van der Waals surface area contributed by atoms with Crippen LogP contribution in [0.5, 0.6) is 0 Å². The maximum atomic E-state index is 2.60. The first-order valence-electron chi connectivity index (χ1n) is 20.3. The quantitative estimate of drug-likeness (QED) is 0.153. The second-order valence-corrected chi connectivity index (χ2v) is 21.3. The van der Waals surface area contributed by atoms with Crippen molar-refractivity contribution >= 4 is 68.4 Å². The van der Waals surface area contributed by atoms with Crippen molar-refractivity contribution in [2.45, 2.75) is 29.1 Å². The summed E-state index contributed by atoms with van der Waals surface area (Å²) in [5.74, 6) is 0. The number of fused-ring (bicyclic) bond motifs is 19. The molecule has 4 aliphatic heterocycles. The Morgan fingerprint density at radius 3 is 1.60 bits per heavy atom. The lowest BCUT2D eigenvalue weighted by Crippen LogP contribution is -2.70. The molecule has 0 N–H and O–H groups in total. The molecule has 2 spiro atoms. The summed E-state index contributed by atoms with van der Waals surface area (Å²) in [6, 6.07) is 72.5. The van der Waals surface area contributed by atoms with E-state index < -0.39 is 13.5 Å². The van der Waals surface area contributed by atoms with Gasteiger partial charge in [-0.05, 0) is 132 Å². The van der Waals surface area contributed by atoms with Gasteiger partial charge in [0.2, 0.25) is 0 Å². The second-order valence-electron chi connectivity index (χ2n) is 16.5. The molecule has 0 aromatic heterocycles. The zero-order valence-electron chi connectivity index (χ0n) is 32.3. The van der Waals surface area contributed by atoms with Crippen LogP contribution in [0.2, 0.25) is 0 Å². The summed E-state index contributed by atoms with van der Waals surface area (Å²) < 4.78 is 0. The van der Waals surface area contributed by atoms with Gasteiger partial charge in [0.15, 0.2) is 8.07 Å². The van der Waals surface area contributed by atoms with Crippen molar-refractivity contribution in [1.82, 2.24) is 0 Å². The maximum Gasteiger partial charge on any atom is 0.182 e. The van der Waals surface area contributed by atoms with Crippen molar-refractivity contribution in [3.05, 3.63) is 221 Å². The first-order chi connectivity index (χ1) is 28.6. The second kappa shape index (κ2) is 11.6. The fraction of sp³-hybridized carbons (Fsp3) is 0.0545. The Balaban J connectivity index is 1.11. The summed E-state index contributed by atoms with van der Waals surface area (Å²) in [7, 11) is -2.68. The lowest BCUT2D eigenvalue weighted by molar-refractivity contribution is 0.693. The van der Waals surface area contributed by atoms with Gasteiger partial charge in [0.25, 0.3) is 0 Å². The SMILES string of the molecule is Cc1ccc2c(c1)[Si]1(c3ccccc3-c3ccc(N4c5ccccc5C5(c6ccccc6Sc6cc7ccccc7cc65)c5ccccc54)cc31)c1cc(C)ccc1-2. The number of hydrogen-bond donors (Lipinski definition) is 0. The molecule has 1 nitrogen and oxygen atoms in total. The summed E-state index contributed by atoms with van der Waals surface area (Å²) in [5, 5.41) is 8.60. The van der Waals surface area contributed by atoms with E-state index in [1.165, 1.54) is 114 Å². The topological polar surface area (TPSA) is 3.24 Å². The Labute approximate surface area is 344 Å². The number of hydrogen-bond acceptors (Lipinski definition) is 2. The van der Waals surface area contributed by atoms with Crippen LogP contribution >= 0.6 is 11.8 Å². The number of aryl methyl sites for hydroxylation is 2. The fourth-order valence-electron chi connectivity index (χ4n) is 11.4. The van der Waals surface area contributed by atoms with E-state index in [1.54, 1.807) is 0 Å². The van der Waals surface area contributed by atoms with Crippen LogP contribution in [0, 0.1) is 13.8 Å². The molecule has 9 aromatic rings. The van der Waals surface area contributed by atoms with Crippen LogP contribution in [0.15, 0.2) is 198 Å². The number of rotatable bonds is 1. The van der Waals surface area contributed by atoms with E-state index in [2.05, 4.69) is 207 Å². The van der Waals surface area contributed by atoms with E-state index >= 15 is 0 Å². The van der Waals surface area contributed by atoms with Crippen molar-refractivity contribution in [1.29, 1.82) is 0 Å². The Hall–Kier alpha value is -6.39. The van der Waals surface area contributed by atoms with Gasteiger partial charge in [-0.1, -0.05) is 168 Å². The molecule has 3 heteroatoms. The minimum atomic E-state index is -2.68. The molecule has 0 fully saturated rings. The molecule has 4 heterocycles. The largest absolute Gasteiger partial charge is 0.310 e. The van der Waals surface area contributed by atoms with E-state index in [4.69, 9.17) is 0 Å². The summed E-state index contributed by atoms with van der Waals surface area (Å²) >= 11 is 1.91. The minimum Gasteiger partial charge on any atom is -0.310 e. The third-order valence-electron chi connectivity index (χ3n) is 13.6. The van der Waals surface area contributed by atoms with Gasteiger partial charge in [-0.3, -0.25) is 0 Å². The van der Waals surface area contributed by atoms with Gasteiger partial charge in [0.05, 0.1) is 16.8 Å². The predicted octanol–water partition coefficient (Wildman–Crippen LogP) is 11.4. The molecule has 0 unspecified atom stereocenters. The highest BCUT2D eigenvalue weighted by Gasteiger charge is 2.55. The standard InChI is InChI=1S/C55H37NSSi/c1-34-23-26-40-41-27-24-35(2)30-53(41)58(52(40)29-34)51-22-12-5-15-39(51)42-28-25-38(33-54(42)58)56-47-19-9-6-16-43(47)55(44-17-7-10-20-48(44)56)45-18-8-11-21-49(45)57-50-32-37-14-4-3-13-36(37)31-46(50)55/h3-33H,1-2H3. The lowest BCUT2D eigenvalue weighted by atomic mass is 9.62. The molecular formula is C55H37NSSi. The third kappa shape index (κ3) is 3.98. The van der Waals surface area contributed by atoms with Gasteiger partial charge in [-0.2, -0.15) is 0 Å². The van der Waals surface area contributed by atoms with Crippen molar-refractivity contribution in [2.24, 2.45) is 0 Å². The van der Waals surface area contributed by atoms with Crippen molar-refractivity contribution in [3.8, 4) is 22.3 Å². The maximum absolute atomic E-state index is 2.68. The third-order valence-corrected chi connectivity index (χ3v) is 19.6. The van der Waals surface area contributed by atoms with Gasteiger partial charge >= 0.3 is 0 Å². The predicted molar refractivity (Wildman–Crippen MR) is 246 cm³/mol. The first kappa shape index (κ1) is 32.7. The summed E-state index contributed by atoms with van der Waals surface area (Å²) in [5.41, 5.74) is 16.7. The highest BCUT2D eigenvalue weighted by Crippen LogP contribution is 2.63. The minimum absolute atomic E-state index is 0.508. The summed E-state index contributed by atoms with van der Waals surface area (Å²) in [4.78, 5) is 5.22. The first-order valence-corrected chi connectivity index (χ1v) is 23.2. The average molecular weight is 772 g/mol. The molecule has 272 valence electrons. The van der Waals surface area contributed by atoms with Crippen molar-refractivity contribution in [2.75, 3.05) is 4.90 Å². The van der Waals surface area contributed by atoms with Crippen molar-refractivity contribution < 1.29 is 0 Å². The Morgan fingerprint density at radius 1 is 0.397 bits per heavy atom. The lowest BCUT2D eigenvalue weighted by Gasteiger charge is -2.49. The monoisotopic (exact) mass is 771 g/mol. The van der Waals surface area contributed by atoms with Gasteiger partial charge in [0, 0.05) is 15.5 Å². The molecule has 0 amide bonds. The highest BCUT2D eigenvalue weighted by molar-refractivity contribution is 7.99. The molecule has 13 rings (SSSR count). The summed E-state index contributed by atoms with van der Waals surface area (Å²) in [6.45, 7) is 4.52. The van der Waals surface area contributed by atoms with Crippen LogP contribution in [0.25, 0.3) is 33.0 Å². The number of nitrogens with zero attached hydrogens (tertiary/aromatic N) is 1. The van der Waals surface area contributed by atoms with Gasteiger partial charge in [-0.15, -0.1) is 0 Å². The molecule has 0 saturated carbocycles. The van der Waals surface area contributed by atoms with Crippen LogP contribution in [-0.4, -0.2) is 8.07 Å². The molecule has 9 aromatic carbocycles. The molecule has 0 atom stereocenters. The zero-order chi connectivity index (χ0) is 38.3. The van der Waals surface area contributed by atoms with E-state index in [-0.39, 0.29) is 0 Å². The molecule has 0 aliphatic carbocycles. The average Bonchev–Trinajstić information content (AvgIpc) is 3.71. The van der Waals surface area contributed by atoms with E-state index in [9.17, 15) is 0 Å². The molecule has 0 radical (unpaired) electrons. The molecule has 58 heavy (non-hydrogen) atoms. The fourth-order valence-corrected chi connectivity index (χ4v) is 18.4. The van der Waals surface area contributed by atoms with E-state index in [0.717, 1.165) is 0 Å². The number of para-hydroxylation sites is 2. The number of anilines is 3.